The van der Waals surface area contributed by atoms with Crippen molar-refractivity contribution in [3.8, 4) is 0 Å². The Morgan fingerprint density at radius 2 is 0.872 bits per heavy atom. The highest BCUT2D eigenvalue weighted by Crippen LogP contribution is 2.40. The highest BCUT2D eigenvalue weighted by Gasteiger charge is 2.20. The molecule has 240 valence electrons. The van der Waals surface area contributed by atoms with Crippen molar-refractivity contribution in [1.29, 1.82) is 0 Å². The van der Waals surface area contributed by atoms with E-state index >= 15 is 0 Å². The quantitative estimate of drug-likeness (QED) is 0.128. The van der Waals surface area contributed by atoms with Gasteiger partial charge >= 0.3 is 0 Å². The molecule has 47 heavy (non-hydrogen) atoms. The van der Waals surface area contributed by atoms with Gasteiger partial charge in [-0.1, -0.05) is 109 Å². The molecule has 5 aromatic rings. The lowest BCUT2D eigenvalue weighted by molar-refractivity contribution is 0.506. The van der Waals surface area contributed by atoms with Gasteiger partial charge in [-0.2, -0.15) is 0 Å². The van der Waals surface area contributed by atoms with Gasteiger partial charge in [0.05, 0.1) is 0 Å². The summed E-state index contributed by atoms with van der Waals surface area (Å²) in [6.07, 6.45) is 6.94. The lowest BCUT2D eigenvalue weighted by Gasteiger charge is -2.30. The van der Waals surface area contributed by atoms with Crippen molar-refractivity contribution in [2.45, 2.75) is 71.6 Å². The molecule has 0 fully saturated rings. The number of rotatable bonds is 12. The molecule has 2 heteroatoms. The third kappa shape index (κ3) is 7.77. The van der Waals surface area contributed by atoms with E-state index in [1.807, 2.05) is 12.2 Å². The molecule has 0 saturated heterocycles. The second-order valence-corrected chi connectivity index (χ2v) is 14.1. The van der Waals surface area contributed by atoms with Gasteiger partial charge in [0, 0.05) is 34.1 Å². The van der Waals surface area contributed by atoms with E-state index in [2.05, 4.69) is 186 Å². The van der Waals surface area contributed by atoms with Gasteiger partial charge in [0.25, 0.3) is 0 Å². The van der Waals surface area contributed by atoms with E-state index in [1.165, 1.54) is 16.7 Å². The maximum Gasteiger partial charge on any atom is 0.0463 e. The van der Waals surface area contributed by atoms with Crippen LogP contribution in [0.15, 0.2) is 141 Å². The zero-order valence-corrected chi connectivity index (χ0v) is 29.1. The Hall–Kier alpha value is -4.82. The van der Waals surface area contributed by atoms with Crippen LogP contribution < -0.4 is 9.80 Å². The third-order valence-electron chi connectivity index (χ3n) is 9.37. The molecule has 0 atom stereocenters. The van der Waals surface area contributed by atoms with Crippen molar-refractivity contribution in [1.82, 2.24) is 0 Å². The fraction of sp³-hybridized carbons (Fsp3) is 0.244. The van der Waals surface area contributed by atoms with Crippen molar-refractivity contribution in [3.05, 3.63) is 163 Å². The molecular weight excluding hydrogens is 569 g/mol. The van der Waals surface area contributed by atoms with Gasteiger partial charge < -0.3 is 9.80 Å². The molecule has 0 aliphatic rings. The zero-order chi connectivity index (χ0) is 33.6. The third-order valence-corrected chi connectivity index (χ3v) is 9.37. The lowest BCUT2D eigenvalue weighted by Crippen LogP contribution is -2.16. The summed E-state index contributed by atoms with van der Waals surface area (Å²) < 4.78 is 0. The van der Waals surface area contributed by atoms with Crippen molar-refractivity contribution in [3.63, 3.8) is 0 Å². The molecule has 0 heterocycles. The Kier molecular flexibility index (Phi) is 10.2. The molecule has 5 rings (SSSR count). The summed E-state index contributed by atoms with van der Waals surface area (Å²) in [6, 6.07) is 44.5. The van der Waals surface area contributed by atoms with E-state index in [0.717, 1.165) is 59.0 Å². The van der Waals surface area contributed by atoms with Crippen LogP contribution in [-0.4, -0.2) is 0 Å². The minimum atomic E-state index is 0.0929. The van der Waals surface area contributed by atoms with Crippen LogP contribution in [-0.2, 0) is 17.3 Å². The van der Waals surface area contributed by atoms with Gasteiger partial charge in [-0.15, -0.1) is 6.58 Å². The van der Waals surface area contributed by atoms with E-state index in [-0.39, 0.29) is 10.8 Å². The standard InChI is InChI=1S/C45H50N2/c1-9-12-13-35-16-24-39(25-17-35)47(40-26-18-36(19-27-40)44(4,5)6)43-32-30-42(31-33-43)46(38-22-14-34(10-2)15-23-38)41-28-20-37(21-29-41)45(7,8)11-3/h9-10,14-33H,1-2,11-13H2,3-8H3. The first-order valence-corrected chi connectivity index (χ1v) is 16.9. The highest BCUT2D eigenvalue weighted by molar-refractivity contribution is 5.81. The summed E-state index contributed by atoms with van der Waals surface area (Å²) >= 11 is 0. The Balaban J connectivity index is 1.56. The molecule has 0 saturated carbocycles. The van der Waals surface area contributed by atoms with Crippen LogP contribution in [0.4, 0.5) is 34.1 Å². The van der Waals surface area contributed by atoms with Crippen molar-refractivity contribution in [2.75, 3.05) is 9.80 Å². The number of benzene rings is 5. The molecule has 0 unspecified atom stereocenters. The van der Waals surface area contributed by atoms with E-state index in [4.69, 9.17) is 0 Å². The van der Waals surface area contributed by atoms with Gasteiger partial charge in [-0.25, -0.2) is 0 Å². The Morgan fingerprint density at radius 3 is 1.23 bits per heavy atom. The second kappa shape index (κ2) is 14.3. The molecule has 5 aromatic carbocycles. The molecule has 0 aromatic heterocycles. The van der Waals surface area contributed by atoms with Crippen LogP contribution in [0.1, 0.15) is 76.6 Å². The molecule has 2 nitrogen and oxygen atoms in total. The number of hydrogen-bond donors (Lipinski definition) is 0. The van der Waals surface area contributed by atoms with Crippen LogP contribution in [0.3, 0.4) is 0 Å². The van der Waals surface area contributed by atoms with Crippen LogP contribution in [0, 0.1) is 0 Å². The summed E-state index contributed by atoms with van der Waals surface area (Å²) in [6.45, 7) is 21.5. The monoisotopic (exact) mass is 618 g/mol. The topological polar surface area (TPSA) is 6.48 Å². The normalized spacial score (nSPS) is 11.6. The predicted molar refractivity (Wildman–Crippen MR) is 206 cm³/mol. The van der Waals surface area contributed by atoms with Crippen LogP contribution >= 0.6 is 0 Å². The number of nitrogens with zero attached hydrogens (tertiary/aromatic N) is 2. The lowest BCUT2D eigenvalue weighted by atomic mass is 9.82. The molecular formula is C45H50N2. The minimum Gasteiger partial charge on any atom is -0.311 e. The van der Waals surface area contributed by atoms with Gasteiger partial charge in [-0.3, -0.25) is 0 Å². The van der Waals surface area contributed by atoms with Crippen LogP contribution in [0.2, 0.25) is 0 Å². The van der Waals surface area contributed by atoms with Gasteiger partial charge in [0.1, 0.15) is 0 Å². The van der Waals surface area contributed by atoms with Crippen molar-refractivity contribution >= 4 is 40.2 Å². The fourth-order valence-electron chi connectivity index (χ4n) is 5.86. The molecule has 0 spiro atoms. The Bertz CT molecular complexity index is 1750. The highest BCUT2D eigenvalue weighted by atomic mass is 15.2. The largest absolute Gasteiger partial charge is 0.311 e. The Morgan fingerprint density at radius 1 is 0.511 bits per heavy atom. The van der Waals surface area contributed by atoms with Crippen LogP contribution in [0.5, 0.6) is 0 Å². The number of anilines is 6. The van der Waals surface area contributed by atoms with Gasteiger partial charge in [-0.05, 0) is 125 Å². The fourth-order valence-corrected chi connectivity index (χ4v) is 5.86. The summed E-state index contributed by atoms with van der Waals surface area (Å²) in [4.78, 5) is 4.68. The summed E-state index contributed by atoms with van der Waals surface area (Å²) in [7, 11) is 0. The number of hydrogen-bond acceptors (Lipinski definition) is 2. The maximum absolute atomic E-state index is 3.95. The van der Waals surface area contributed by atoms with Gasteiger partial charge in [0.2, 0.25) is 0 Å². The molecule has 0 amide bonds. The van der Waals surface area contributed by atoms with E-state index in [0.29, 0.717) is 0 Å². The number of allylic oxidation sites excluding steroid dienone is 1. The second-order valence-electron chi connectivity index (χ2n) is 14.1. The first-order valence-electron chi connectivity index (χ1n) is 16.9. The van der Waals surface area contributed by atoms with E-state index in [9.17, 15) is 0 Å². The molecule has 0 bridgehead atoms. The maximum atomic E-state index is 3.95. The van der Waals surface area contributed by atoms with Crippen LogP contribution in [0.25, 0.3) is 6.08 Å². The zero-order valence-electron chi connectivity index (χ0n) is 29.1. The van der Waals surface area contributed by atoms with Crippen molar-refractivity contribution in [2.24, 2.45) is 0 Å². The Labute approximate surface area is 283 Å². The molecule has 0 aliphatic carbocycles. The van der Waals surface area contributed by atoms with E-state index < -0.39 is 0 Å². The summed E-state index contributed by atoms with van der Waals surface area (Å²) in [5, 5.41) is 0. The van der Waals surface area contributed by atoms with Gasteiger partial charge in [0.15, 0.2) is 0 Å². The summed E-state index contributed by atoms with van der Waals surface area (Å²) in [5.74, 6) is 0. The first kappa shape index (κ1) is 33.5. The predicted octanol–water partition coefficient (Wildman–Crippen LogP) is 13.4. The summed E-state index contributed by atoms with van der Waals surface area (Å²) in [5.41, 5.74) is 12.0. The van der Waals surface area contributed by atoms with E-state index in [1.54, 1.807) is 0 Å². The molecule has 0 aliphatic heterocycles. The average molecular weight is 619 g/mol. The SMILES string of the molecule is C=CCCc1ccc(N(c2ccc(N(c3ccc(C=C)cc3)c3ccc(C(C)(C)CC)cc3)cc2)c2ccc(C(C)(C)C)cc2)cc1. The van der Waals surface area contributed by atoms with Crippen molar-refractivity contribution < 1.29 is 0 Å². The smallest absolute Gasteiger partial charge is 0.0463 e. The molecule has 0 radical (unpaired) electrons. The molecule has 0 N–H and O–H groups in total. The number of aryl methyl sites for hydroxylation is 1. The minimum absolute atomic E-state index is 0.0929. The first-order chi connectivity index (χ1) is 22.5. The average Bonchev–Trinajstić information content (AvgIpc) is 3.09.